The smallest absolute Gasteiger partial charge is 0.287 e. The Labute approximate surface area is 170 Å². The van der Waals surface area contributed by atoms with Crippen LogP contribution in [0.15, 0.2) is 27.8 Å². The zero-order valence-corrected chi connectivity index (χ0v) is 17.9. The molecule has 2 aromatic rings. The van der Waals surface area contributed by atoms with Crippen LogP contribution in [-0.4, -0.2) is 59.5 Å². The number of hydrogen-bond acceptors (Lipinski definition) is 7. The minimum absolute atomic E-state index is 0.0775. The van der Waals surface area contributed by atoms with Crippen LogP contribution >= 0.6 is 11.8 Å². The summed E-state index contributed by atoms with van der Waals surface area (Å²) in [6, 6.07) is 5.67. The average molecular weight is 404 g/mol. The number of aryl methyl sites for hydroxylation is 1. The third-order valence-electron chi connectivity index (χ3n) is 4.61. The monoisotopic (exact) mass is 403 g/mol. The first kappa shape index (κ1) is 20.7. The molecular weight excluding hydrogens is 374 g/mol. The van der Waals surface area contributed by atoms with Crippen molar-refractivity contribution < 1.29 is 9.21 Å². The fourth-order valence-corrected chi connectivity index (χ4v) is 3.88. The van der Waals surface area contributed by atoms with Crippen LogP contribution < -0.4 is 10.2 Å². The van der Waals surface area contributed by atoms with Gasteiger partial charge in [-0.25, -0.2) is 9.97 Å². The summed E-state index contributed by atoms with van der Waals surface area (Å²) in [6.45, 7) is 13.2. The highest BCUT2D eigenvalue weighted by molar-refractivity contribution is 7.98. The van der Waals surface area contributed by atoms with Crippen LogP contribution in [0.3, 0.4) is 0 Å². The van der Waals surface area contributed by atoms with E-state index in [0.29, 0.717) is 11.5 Å². The van der Waals surface area contributed by atoms with Crippen molar-refractivity contribution in [2.75, 3.05) is 37.6 Å². The van der Waals surface area contributed by atoms with E-state index in [9.17, 15) is 4.79 Å². The van der Waals surface area contributed by atoms with Crippen molar-refractivity contribution in [2.45, 2.75) is 44.6 Å². The number of likely N-dealkylation sites (N-methyl/N-ethyl adjacent to an activating group) is 1. The van der Waals surface area contributed by atoms with E-state index in [-0.39, 0.29) is 11.9 Å². The molecule has 0 aromatic carbocycles. The highest BCUT2D eigenvalue weighted by atomic mass is 32.2. The SMILES string of the molecule is CCN1CCN(c2cc(C)nc(SCc3ccc(C(=O)NC(C)C)o3)n2)CC1. The van der Waals surface area contributed by atoms with Crippen LogP contribution in [0, 0.1) is 6.92 Å². The van der Waals surface area contributed by atoms with Gasteiger partial charge >= 0.3 is 0 Å². The van der Waals surface area contributed by atoms with Gasteiger partial charge in [-0.1, -0.05) is 18.7 Å². The molecule has 0 atom stereocenters. The molecule has 8 heteroatoms. The summed E-state index contributed by atoms with van der Waals surface area (Å²) >= 11 is 1.53. The van der Waals surface area contributed by atoms with Gasteiger partial charge in [-0.15, -0.1) is 0 Å². The predicted octanol–water partition coefficient (Wildman–Crippen LogP) is 2.95. The molecule has 0 aliphatic carbocycles. The molecule has 2 aromatic heterocycles. The van der Waals surface area contributed by atoms with E-state index in [1.807, 2.05) is 32.9 Å². The molecule has 0 bridgehead atoms. The molecule has 1 N–H and O–H groups in total. The molecule has 1 aliphatic heterocycles. The number of piperazine rings is 1. The first-order chi connectivity index (χ1) is 13.4. The van der Waals surface area contributed by atoms with Crippen molar-refractivity contribution in [1.82, 2.24) is 20.2 Å². The number of nitrogens with one attached hydrogen (secondary N) is 1. The number of nitrogens with zero attached hydrogens (tertiary/aromatic N) is 4. The molecule has 3 heterocycles. The van der Waals surface area contributed by atoms with Crippen LogP contribution in [-0.2, 0) is 5.75 Å². The standard InChI is InChI=1S/C20H29N5O2S/c1-5-24-8-10-25(11-9-24)18-12-15(4)22-20(23-18)28-13-16-6-7-17(27-16)19(26)21-14(2)3/h6-7,12,14H,5,8-11,13H2,1-4H3,(H,21,26). The molecular formula is C20H29N5O2S. The van der Waals surface area contributed by atoms with E-state index in [2.05, 4.69) is 27.0 Å². The number of amides is 1. The van der Waals surface area contributed by atoms with Gasteiger partial charge in [0, 0.05) is 44.0 Å². The number of rotatable bonds is 7. The molecule has 1 saturated heterocycles. The van der Waals surface area contributed by atoms with Gasteiger partial charge in [0.05, 0.1) is 5.75 Å². The summed E-state index contributed by atoms with van der Waals surface area (Å²) in [4.78, 5) is 26.1. The summed E-state index contributed by atoms with van der Waals surface area (Å²) in [5.74, 6) is 2.46. The zero-order valence-electron chi connectivity index (χ0n) is 17.1. The lowest BCUT2D eigenvalue weighted by molar-refractivity contribution is 0.0913. The number of carbonyl (C=O) groups excluding carboxylic acids is 1. The van der Waals surface area contributed by atoms with Gasteiger partial charge in [0.15, 0.2) is 10.9 Å². The summed E-state index contributed by atoms with van der Waals surface area (Å²) < 4.78 is 5.66. The van der Waals surface area contributed by atoms with Gasteiger partial charge in [0.1, 0.15) is 11.6 Å². The van der Waals surface area contributed by atoms with Crippen LogP contribution in [0.5, 0.6) is 0 Å². The number of anilines is 1. The Kier molecular flexibility index (Phi) is 6.96. The molecule has 0 radical (unpaired) electrons. The van der Waals surface area contributed by atoms with Gasteiger partial charge in [-0.05, 0) is 39.4 Å². The predicted molar refractivity (Wildman–Crippen MR) is 112 cm³/mol. The van der Waals surface area contributed by atoms with Crippen LogP contribution in [0.1, 0.15) is 42.8 Å². The van der Waals surface area contributed by atoms with Crippen molar-refractivity contribution in [3.05, 3.63) is 35.4 Å². The number of hydrogen-bond donors (Lipinski definition) is 1. The third kappa shape index (κ3) is 5.48. The second kappa shape index (κ2) is 9.43. The van der Waals surface area contributed by atoms with Crippen molar-refractivity contribution >= 4 is 23.5 Å². The van der Waals surface area contributed by atoms with Crippen LogP contribution in [0.25, 0.3) is 0 Å². The zero-order chi connectivity index (χ0) is 20.1. The Morgan fingerprint density at radius 2 is 2.00 bits per heavy atom. The highest BCUT2D eigenvalue weighted by Gasteiger charge is 2.18. The van der Waals surface area contributed by atoms with Gasteiger partial charge in [-0.3, -0.25) is 4.79 Å². The summed E-state index contributed by atoms with van der Waals surface area (Å²) in [5.41, 5.74) is 0.960. The van der Waals surface area contributed by atoms with Crippen molar-refractivity contribution in [1.29, 1.82) is 0 Å². The fraction of sp³-hybridized carbons (Fsp3) is 0.550. The molecule has 1 fully saturated rings. The molecule has 0 unspecified atom stereocenters. The van der Waals surface area contributed by atoms with Gasteiger partial charge < -0.3 is 19.5 Å². The van der Waals surface area contributed by atoms with Crippen LogP contribution in [0.4, 0.5) is 5.82 Å². The summed E-state index contributed by atoms with van der Waals surface area (Å²) in [5, 5.41) is 3.57. The largest absolute Gasteiger partial charge is 0.455 e. The second-order valence-corrected chi connectivity index (χ2v) is 8.20. The first-order valence-corrected chi connectivity index (χ1v) is 10.8. The Morgan fingerprint density at radius 3 is 2.68 bits per heavy atom. The van der Waals surface area contributed by atoms with E-state index in [0.717, 1.165) is 55.2 Å². The maximum atomic E-state index is 12.0. The molecule has 1 amide bonds. The van der Waals surface area contributed by atoms with E-state index >= 15 is 0 Å². The third-order valence-corrected chi connectivity index (χ3v) is 5.48. The van der Waals surface area contributed by atoms with Gasteiger partial charge in [-0.2, -0.15) is 0 Å². The minimum Gasteiger partial charge on any atom is -0.455 e. The topological polar surface area (TPSA) is 74.5 Å². The lowest BCUT2D eigenvalue weighted by Gasteiger charge is -2.34. The summed E-state index contributed by atoms with van der Waals surface area (Å²) in [7, 11) is 0. The van der Waals surface area contributed by atoms with E-state index < -0.39 is 0 Å². The normalized spacial score (nSPS) is 15.2. The van der Waals surface area contributed by atoms with E-state index in [4.69, 9.17) is 9.40 Å². The Balaban J connectivity index is 1.61. The number of carbonyl (C=O) groups is 1. The first-order valence-electron chi connectivity index (χ1n) is 9.80. The van der Waals surface area contributed by atoms with Crippen molar-refractivity contribution in [3.63, 3.8) is 0 Å². The van der Waals surface area contributed by atoms with Gasteiger partial charge in [0.25, 0.3) is 5.91 Å². The fourth-order valence-electron chi connectivity index (χ4n) is 3.09. The Morgan fingerprint density at radius 1 is 1.25 bits per heavy atom. The lowest BCUT2D eigenvalue weighted by Crippen LogP contribution is -2.46. The second-order valence-electron chi connectivity index (χ2n) is 7.25. The number of aromatic nitrogens is 2. The quantitative estimate of drug-likeness (QED) is 0.563. The maximum absolute atomic E-state index is 12.0. The maximum Gasteiger partial charge on any atom is 0.287 e. The van der Waals surface area contributed by atoms with Crippen LogP contribution in [0.2, 0.25) is 0 Å². The summed E-state index contributed by atoms with van der Waals surface area (Å²) in [6.07, 6.45) is 0. The molecule has 28 heavy (non-hydrogen) atoms. The molecule has 152 valence electrons. The van der Waals surface area contributed by atoms with Crippen molar-refractivity contribution in [2.24, 2.45) is 0 Å². The molecule has 0 spiro atoms. The highest BCUT2D eigenvalue weighted by Crippen LogP contribution is 2.24. The molecule has 3 rings (SSSR count). The Hall–Kier alpha value is -2.06. The number of furan rings is 1. The minimum atomic E-state index is -0.188. The molecule has 7 nitrogen and oxygen atoms in total. The number of thioether (sulfide) groups is 1. The van der Waals surface area contributed by atoms with Gasteiger partial charge in [0.2, 0.25) is 0 Å². The van der Waals surface area contributed by atoms with E-state index in [1.165, 1.54) is 11.8 Å². The molecule has 1 aliphatic rings. The van der Waals surface area contributed by atoms with E-state index in [1.54, 1.807) is 6.07 Å². The average Bonchev–Trinajstić information content (AvgIpc) is 3.15. The molecule has 0 saturated carbocycles. The van der Waals surface area contributed by atoms with Crippen molar-refractivity contribution in [3.8, 4) is 0 Å². The Bertz CT molecular complexity index is 800. The lowest BCUT2D eigenvalue weighted by atomic mass is 10.3.